The van der Waals surface area contributed by atoms with Gasteiger partial charge in [0.05, 0.1) is 36.4 Å². The maximum Gasteiger partial charge on any atom is 0.234 e. The van der Waals surface area contributed by atoms with Crippen molar-refractivity contribution in [2.75, 3.05) is 25.3 Å². The molecule has 1 amide bonds. The molecule has 0 saturated carbocycles. The molecule has 3 aromatic rings. The van der Waals surface area contributed by atoms with Gasteiger partial charge in [-0.3, -0.25) is 4.79 Å². The molecule has 0 fully saturated rings. The molecule has 3 rings (SSSR count). The molecule has 146 valence electrons. The molecule has 0 radical (unpaired) electrons. The van der Waals surface area contributed by atoms with E-state index in [9.17, 15) is 4.79 Å². The van der Waals surface area contributed by atoms with Crippen LogP contribution >= 0.6 is 23.4 Å². The number of carbonyl (C=O) groups is 1. The first-order chi connectivity index (χ1) is 13.5. The fourth-order valence-corrected chi connectivity index (χ4v) is 3.32. The fourth-order valence-electron chi connectivity index (χ4n) is 2.39. The highest BCUT2D eigenvalue weighted by atomic mass is 35.5. The lowest BCUT2D eigenvalue weighted by Gasteiger charge is -2.13. The van der Waals surface area contributed by atoms with Gasteiger partial charge in [-0.25, -0.2) is 0 Å². The summed E-state index contributed by atoms with van der Waals surface area (Å²) >= 11 is 7.35. The minimum atomic E-state index is -0.247. The van der Waals surface area contributed by atoms with Crippen molar-refractivity contribution < 1.29 is 14.3 Å². The first-order valence-electron chi connectivity index (χ1n) is 8.21. The third-order valence-corrected chi connectivity index (χ3v) is 5.01. The second kappa shape index (κ2) is 8.94. The number of carbonyl (C=O) groups excluding carboxylic acids is 1. The molecule has 0 spiro atoms. The van der Waals surface area contributed by atoms with E-state index >= 15 is 0 Å². The van der Waals surface area contributed by atoms with Crippen LogP contribution in [0, 0.1) is 6.92 Å². The van der Waals surface area contributed by atoms with Crippen LogP contribution in [0.3, 0.4) is 0 Å². The molecule has 1 heterocycles. The Morgan fingerprint density at radius 3 is 2.57 bits per heavy atom. The normalized spacial score (nSPS) is 10.6. The monoisotopic (exact) mass is 419 g/mol. The van der Waals surface area contributed by atoms with Gasteiger partial charge in [0.2, 0.25) is 11.1 Å². The number of benzene rings is 2. The van der Waals surface area contributed by atoms with Crippen molar-refractivity contribution in [3.63, 3.8) is 0 Å². The number of amides is 1. The largest absolute Gasteiger partial charge is 0.495 e. The zero-order valence-electron chi connectivity index (χ0n) is 15.5. The third-order valence-electron chi connectivity index (χ3n) is 3.80. The number of anilines is 1. The Hall–Kier alpha value is -2.78. The highest BCUT2D eigenvalue weighted by Crippen LogP contribution is 2.36. The minimum Gasteiger partial charge on any atom is -0.495 e. The topological polar surface area (TPSA) is 91.2 Å². The standard InChI is InChI=1S/C18H18ClN5O3S/c1-11-4-6-12(7-5-11)24-18(21-22-23-24)28-10-17(25)20-14-8-13(19)15(26-2)9-16(14)27-3/h4-9H,10H2,1-3H3,(H,20,25). The van der Waals surface area contributed by atoms with Gasteiger partial charge in [0, 0.05) is 6.07 Å². The summed E-state index contributed by atoms with van der Waals surface area (Å²) in [5.41, 5.74) is 2.41. The molecule has 1 aromatic heterocycles. The summed E-state index contributed by atoms with van der Waals surface area (Å²) in [6.45, 7) is 2.00. The van der Waals surface area contributed by atoms with Gasteiger partial charge in [0.25, 0.3) is 0 Å². The van der Waals surface area contributed by atoms with Gasteiger partial charge in [-0.05, 0) is 35.5 Å². The molecule has 8 nitrogen and oxygen atoms in total. The molecule has 0 aliphatic rings. The molecule has 0 saturated heterocycles. The third kappa shape index (κ3) is 4.55. The number of aromatic nitrogens is 4. The number of nitrogens with one attached hydrogen (secondary N) is 1. The van der Waals surface area contributed by atoms with Gasteiger partial charge in [-0.15, -0.1) is 5.10 Å². The Bertz CT molecular complexity index is 978. The summed E-state index contributed by atoms with van der Waals surface area (Å²) in [4.78, 5) is 12.4. The molecule has 0 aliphatic carbocycles. The molecule has 0 unspecified atom stereocenters. The lowest BCUT2D eigenvalue weighted by molar-refractivity contribution is -0.113. The number of rotatable bonds is 7. The summed E-state index contributed by atoms with van der Waals surface area (Å²) in [7, 11) is 3.01. The van der Waals surface area contributed by atoms with Crippen LogP contribution in [0.5, 0.6) is 11.5 Å². The Kier molecular flexibility index (Phi) is 6.37. The van der Waals surface area contributed by atoms with E-state index in [2.05, 4.69) is 20.8 Å². The van der Waals surface area contributed by atoms with Crippen LogP contribution in [0.2, 0.25) is 5.02 Å². The predicted molar refractivity (Wildman–Crippen MR) is 108 cm³/mol. The highest BCUT2D eigenvalue weighted by Gasteiger charge is 2.15. The maximum absolute atomic E-state index is 12.4. The van der Waals surface area contributed by atoms with Gasteiger partial charge in [-0.1, -0.05) is 41.1 Å². The van der Waals surface area contributed by atoms with Gasteiger partial charge >= 0.3 is 0 Å². The van der Waals surface area contributed by atoms with E-state index in [-0.39, 0.29) is 11.7 Å². The first kappa shape index (κ1) is 20.0. The zero-order valence-corrected chi connectivity index (χ0v) is 17.0. The number of thioether (sulfide) groups is 1. The van der Waals surface area contributed by atoms with Gasteiger partial charge in [0.1, 0.15) is 11.5 Å². The quantitative estimate of drug-likeness (QED) is 0.587. The van der Waals surface area contributed by atoms with Crippen LogP contribution in [0.25, 0.3) is 5.69 Å². The first-order valence-corrected chi connectivity index (χ1v) is 9.57. The summed E-state index contributed by atoms with van der Waals surface area (Å²) in [6.07, 6.45) is 0. The second-order valence-electron chi connectivity index (χ2n) is 5.73. The van der Waals surface area contributed by atoms with E-state index in [4.69, 9.17) is 21.1 Å². The van der Waals surface area contributed by atoms with Crippen molar-refractivity contribution >= 4 is 35.0 Å². The number of halogens is 1. The van der Waals surface area contributed by atoms with Crippen molar-refractivity contribution in [2.24, 2.45) is 0 Å². The number of methoxy groups -OCH3 is 2. The maximum atomic E-state index is 12.4. The molecule has 28 heavy (non-hydrogen) atoms. The number of ether oxygens (including phenoxy) is 2. The van der Waals surface area contributed by atoms with E-state index < -0.39 is 0 Å². The molecule has 0 atom stereocenters. The van der Waals surface area contributed by atoms with Crippen molar-refractivity contribution in [3.05, 3.63) is 47.0 Å². The second-order valence-corrected chi connectivity index (χ2v) is 7.08. The lowest BCUT2D eigenvalue weighted by Crippen LogP contribution is -2.15. The van der Waals surface area contributed by atoms with E-state index in [0.29, 0.717) is 27.4 Å². The van der Waals surface area contributed by atoms with E-state index in [1.54, 1.807) is 16.8 Å². The van der Waals surface area contributed by atoms with Crippen LogP contribution in [0.15, 0.2) is 41.6 Å². The number of aryl methyl sites for hydroxylation is 1. The van der Waals surface area contributed by atoms with Crippen LogP contribution < -0.4 is 14.8 Å². The molecule has 10 heteroatoms. The molecule has 1 N–H and O–H groups in total. The van der Waals surface area contributed by atoms with Crippen molar-refractivity contribution in [2.45, 2.75) is 12.1 Å². The van der Waals surface area contributed by atoms with Gasteiger partial charge in [-0.2, -0.15) is 4.68 Å². The minimum absolute atomic E-state index is 0.110. The van der Waals surface area contributed by atoms with Crippen molar-refractivity contribution in [1.82, 2.24) is 20.2 Å². The SMILES string of the molecule is COc1cc(OC)c(NC(=O)CSc2nnnn2-c2ccc(C)cc2)cc1Cl. The van der Waals surface area contributed by atoms with Gasteiger partial charge in [0.15, 0.2) is 0 Å². The van der Waals surface area contributed by atoms with E-state index in [1.165, 1.54) is 26.0 Å². The van der Waals surface area contributed by atoms with Crippen LogP contribution in [-0.4, -0.2) is 46.1 Å². The summed E-state index contributed by atoms with van der Waals surface area (Å²) < 4.78 is 12.0. The summed E-state index contributed by atoms with van der Waals surface area (Å²) in [6, 6.07) is 11.0. The average Bonchev–Trinajstić information content (AvgIpc) is 3.16. The van der Waals surface area contributed by atoms with Crippen molar-refractivity contribution in [1.29, 1.82) is 0 Å². The number of hydrogen-bond acceptors (Lipinski definition) is 7. The van der Waals surface area contributed by atoms with E-state index in [1.807, 2.05) is 31.2 Å². The summed E-state index contributed by atoms with van der Waals surface area (Å²) in [5, 5.41) is 15.3. The lowest BCUT2D eigenvalue weighted by atomic mass is 10.2. The fraction of sp³-hybridized carbons (Fsp3) is 0.222. The average molecular weight is 420 g/mol. The molecular formula is C18H18ClN5O3S. The molecule has 2 aromatic carbocycles. The van der Waals surface area contributed by atoms with Crippen molar-refractivity contribution in [3.8, 4) is 17.2 Å². The molecular weight excluding hydrogens is 402 g/mol. The zero-order chi connectivity index (χ0) is 20.1. The highest BCUT2D eigenvalue weighted by molar-refractivity contribution is 7.99. The molecule has 0 aliphatic heterocycles. The van der Waals surface area contributed by atoms with Crippen LogP contribution in [0.4, 0.5) is 5.69 Å². The Balaban J connectivity index is 1.68. The Labute approximate surface area is 171 Å². The number of nitrogens with zero attached hydrogens (tertiary/aromatic N) is 4. The Morgan fingerprint density at radius 2 is 1.89 bits per heavy atom. The van der Waals surface area contributed by atoms with Gasteiger partial charge < -0.3 is 14.8 Å². The van der Waals surface area contributed by atoms with Crippen LogP contribution in [0.1, 0.15) is 5.56 Å². The van der Waals surface area contributed by atoms with E-state index in [0.717, 1.165) is 11.3 Å². The number of hydrogen-bond donors (Lipinski definition) is 1. The molecule has 0 bridgehead atoms. The smallest absolute Gasteiger partial charge is 0.234 e. The Morgan fingerprint density at radius 1 is 1.18 bits per heavy atom. The summed E-state index contributed by atoms with van der Waals surface area (Å²) in [5.74, 6) is 0.772. The predicted octanol–water partition coefficient (Wildman–Crippen LogP) is 3.37. The number of tetrazole rings is 1. The van der Waals surface area contributed by atoms with Crippen LogP contribution in [-0.2, 0) is 4.79 Å².